The maximum Gasteiger partial charge on any atom is 0.291 e. The number of hydrogen-bond donors (Lipinski definition) is 0. The first-order chi connectivity index (χ1) is 12.9. The largest absolute Gasteiger partial charge is 0.468 e. The summed E-state index contributed by atoms with van der Waals surface area (Å²) >= 11 is 3.45. The quantitative estimate of drug-likeness (QED) is 0.640. The molecule has 0 saturated carbocycles. The first-order valence-electron chi connectivity index (χ1n) is 8.82. The summed E-state index contributed by atoms with van der Waals surface area (Å²) in [4.78, 5) is 12.4. The van der Waals surface area contributed by atoms with Crippen LogP contribution < -0.4 is 10.2 Å². The van der Waals surface area contributed by atoms with E-state index in [4.69, 9.17) is 13.9 Å². The molecule has 142 valence electrons. The molecule has 0 aliphatic carbocycles. The molecule has 0 spiro atoms. The van der Waals surface area contributed by atoms with Crippen molar-refractivity contribution in [2.45, 2.75) is 33.3 Å². The second-order valence-electron chi connectivity index (χ2n) is 6.78. The molecule has 1 atom stereocenters. The molecule has 1 aliphatic heterocycles. The van der Waals surface area contributed by atoms with Crippen molar-refractivity contribution >= 4 is 22.0 Å². The molecule has 4 nitrogen and oxygen atoms in total. The van der Waals surface area contributed by atoms with Crippen molar-refractivity contribution in [3.05, 3.63) is 78.6 Å². The lowest BCUT2D eigenvalue weighted by Crippen LogP contribution is -2.15. The van der Waals surface area contributed by atoms with Crippen LogP contribution in [0.4, 0.5) is 0 Å². The highest BCUT2D eigenvalue weighted by atomic mass is 79.9. The molecule has 0 radical (unpaired) electrons. The van der Waals surface area contributed by atoms with Gasteiger partial charge in [-0.3, -0.25) is 4.79 Å². The van der Waals surface area contributed by atoms with E-state index in [0.29, 0.717) is 29.9 Å². The molecule has 1 aliphatic rings. The Labute approximate surface area is 167 Å². The molecule has 27 heavy (non-hydrogen) atoms. The summed E-state index contributed by atoms with van der Waals surface area (Å²) in [5, 5.41) is 0. The van der Waals surface area contributed by atoms with Crippen LogP contribution in [0.3, 0.4) is 0 Å². The molecule has 1 saturated heterocycles. The van der Waals surface area contributed by atoms with Gasteiger partial charge < -0.3 is 13.9 Å². The Bertz CT molecular complexity index is 952. The Morgan fingerprint density at radius 1 is 1.22 bits per heavy atom. The average molecular weight is 431 g/mol. The standard InChI is InChI=1S/C22H23BrO4/c1-13(9-16-5-7-18(23)8-6-16)10-17-11-19(26-12-17)21-14(2)20(24)15(3)22(25-4)27-21/h5-10,19H,11-12H2,1-4H3/b13-9+,17-10-/t19-/m1/s1. The number of rotatable bonds is 4. The highest BCUT2D eigenvalue weighted by molar-refractivity contribution is 9.10. The van der Waals surface area contributed by atoms with Gasteiger partial charge in [0.25, 0.3) is 5.95 Å². The van der Waals surface area contributed by atoms with E-state index in [-0.39, 0.29) is 17.5 Å². The molecule has 0 N–H and O–H groups in total. The maximum absolute atomic E-state index is 12.4. The summed E-state index contributed by atoms with van der Waals surface area (Å²) in [5.74, 6) is 0.813. The third-order valence-corrected chi connectivity index (χ3v) is 5.18. The Hall–Kier alpha value is -2.11. The van der Waals surface area contributed by atoms with Crippen molar-refractivity contribution in [3.8, 4) is 5.95 Å². The van der Waals surface area contributed by atoms with E-state index in [9.17, 15) is 4.79 Å². The minimum Gasteiger partial charge on any atom is -0.468 e. The molecule has 0 amide bonds. The number of allylic oxidation sites excluding steroid dienone is 2. The minimum atomic E-state index is -0.265. The molecule has 2 heterocycles. The molecule has 5 heteroatoms. The Balaban J connectivity index is 1.81. The van der Waals surface area contributed by atoms with Crippen LogP contribution in [0.15, 0.2) is 55.2 Å². The normalized spacial score (nSPS) is 18.9. The summed E-state index contributed by atoms with van der Waals surface area (Å²) in [6, 6.07) is 8.18. The number of hydrogen-bond acceptors (Lipinski definition) is 4. The molecule has 1 fully saturated rings. The highest BCUT2D eigenvalue weighted by Crippen LogP contribution is 2.35. The van der Waals surface area contributed by atoms with Crippen LogP contribution in [-0.2, 0) is 4.74 Å². The van der Waals surface area contributed by atoms with E-state index in [1.165, 1.54) is 12.7 Å². The molecular formula is C22H23BrO4. The third-order valence-electron chi connectivity index (χ3n) is 4.65. The van der Waals surface area contributed by atoms with E-state index in [2.05, 4.69) is 47.1 Å². The van der Waals surface area contributed by atoms with Gasteiger partial charge in [-0.05, 0) is 44.0 Å². The van der Waals surface area contributed by atoms with Gasteiger partial charge in [0.2, 0.25) is 0 Å². The molecule has 1 aromatic heterocycles. The van der Waals surface area contributed by atoms with Gasteiger partial charge in [0.1, 0.15) is 11.9 Å². The van der Waals surface area contributed by atoms with E-state index >= 15 is 0 Å². The van der Waals surface area contributed by atoms with Crippen LogP contribution in [-0.4, -0.2) is 13.7 Å². The van der Waals surface area contributed by atoms with Crippen LogP contribution in [0.25, 0.3) is 6.08 Å². The Kier molecular flexibility index (Phi) is 6.02. The molecule has 3 rings (SSSR count). The molecule has 2 aromatic rings. The summed E-state index contributed by atoms with van der Waals surface area (Å²) in [7, 11) is 1.50. The summed E-state index contributed by atoms with van der Waals surface area (Å²) < 4.78 is 18.0. The summed E-state index contributed by atoms with van der Waals surface area (Å²) in [6.07, 6.45) is 4.70. The zero-order valence-corrected chi connectivity index (χ0v) is 17.6. The van der Waals surface area contributed by atoms with E-state index in [0.717, 1.165) is 15.6 Å². The van der Waals surface area contributed by atoms with Gasteiger partial charge >= 0.3 is 0 Å². The molecule has 0 bridgehead atoms. The van der Waals surface area contributed by atoms with Crippen molar-refractivity contribution < 1.29 is 13.9 Å². The smallest absolute Gasteiger partial charge is 0.291 e. The van der Waals surface area contributed by atoms with Crippen LogP contribution in [0.5, 0.6) is 5.95 Å². The number of halogens is 1. The lowest BCUT2D eigenvalue weighted by Gasteiger charge is -2.13. The monoisotopic (exact) mass is 430 g/mol. The Morgan fingerprint density at radius 2 is 1.93 bits per heavy atom. The van der Waals surface area contributed by atoms with Crippen LogP contribution in [0, 0.1) is 13.8 Å². The lowest BCUT2D eigenvalue weighted by atomic mass is 10.0. The first kappa shape index (κ1) is 19.6. The van der Waals surface area contributed by atoms with Crippen molar-refractivity contribution in [2.75, 3.05) is 13.7 Å². The zero-order chi connectivity index (χ0) is 19.6. The fraction of sp³-hybridized carbons (Fsp3) is 0.318. The van der Waals surface area contributed by atoms with Crippen LogP contribution in [0.1, 0.15) is 41.9 Å². The number of benzene rings is 1. The zero-order valence-electron chi connectivity index (χ0n) is 16.0. The SMILES string of the molecule is COc1oc([C@H]2C/C(=C/C(C)=C/c3ccc(Br)cc3)CO2)c(C)c(=O)c1C. The van der Waals surface area contributed by atoms with Gasteiger partial charge in [0.15, 0.2) is 5.43 Å². The molecule has 1 aromatic carbocycles. The van der Waals surface area contributed by atoms with Gasteiger partial charge in [-0.1, -0.05) is 45.8 Å². The maximum atomic E-state index is 12.4. The molecular weight excluding hydrogens is 408 g/mol. The average Bonchev–Trinajstić information content (AvgIpc) is 3.10. The first-order valence-corrected chi connectivity index (χ1v) is 9.61. The molecule has 0 unspecified atom stereocenters. The number of ether oxygens (including phenoxy) is 2. The predicted molar refractivity (Wildman–Crippen MR) is 110 cm³/mol. The van der Waals surface area contributed by atoms with Gasteiger partial charge in [-0.2, -0.15) is 0 Å². The third kappa shape index (κ3) is 4.42. The highest BCUT2D eigenvalue weighted by Gasteiger charge is 2.28. The van der Waals surface area contributed by atoms with E-state index in [1.54, 1.807) is 13.8 Å². The second-order valence-corrected chi connectivity index (χ2v) is 7.70. The van der Waals surface area contributed by atoms with Crippen LogP contribution >= 0.6 is 15.9 Å². The van der Waals surface area contributed by atoms with Gasteiger partial charge in [0.05, 0.1) is 19.3 Å². The van der Waals surface area contributed by atoms with Crippen molar-refractivity contribution in [1.82, 2.24) is 0 Å². The van der Waals surface area contributed by atoms with Gasteiger partial charge in [-0.15, -0.1) is 0 Å². The number of methoxy groups -OCH3 is 1. The Morgan fingerprint density at radius 3 is 2.59 bits per heavy atom. The second kappa shape index (κ2) is 8.28. The topological polar surface area (TPSA) is 48.7 Å². The van der Waals surface area contributed by atoms with Crippen LogP contribution in [0.2, 0.25) is 0 Å². The summed E-state index contributed by atoms with van der Waals surface area (Å²) in [6.45, 7) is 6.08. The lowest BCUT2D eigenvalue weighted by molar-refractivity contribution is 0.0880. The van der Waals surface area contributed by atoms with Crippen molar-refractivity contribution in [3.63, 3.8) is 0 Å². The van der Waals surface area contributed by atoms with Gasteiger partial charge in [-0.25, -0.2) is 0 Å². The fourth-order valence-corrected chi connectivity index (χ4v) is 3.52. The predicted octanol–water partition coefficient (Wildman–Crippen LogP) is 5.52. The fourth-order valence-electron chi connectivity index (χ4n) is 3.26. The minimum absolute atomic E-state index is 0.0551. The van der Waals surface area contributed by atoms with Crippen molar-refractivity contribution in [1.29, 1.82) is 0 Å². The van der Waals surface area contributed by atoms with E-state index < -0.39 is 0 Å². The van der Waals surface area contributed by atoms with Gasteiger partial charge in [0, 0.05) is 16.5 Å². The van der Waals surface area contributed by atoms with Crippen molar-refractivity contribution in [2.24, 2.45) is 0 Å². The summed E-state index contributed by atoms with van der Waals surface area (Å²) in [5.41, 5.74) is 4.49. The van der Waals surface area contributed by atoms with E-state index in [1.807, 2.05) is 12.1 Å².